The van der Waals surface area contributed by atoms with Crippen LogP contribution in [0.15, 0.2) is 24.3 Å². The maximum Gasteiger partial charge on any atom is 0.0287 e. The van der Waals surface area contributed by atoms with Crippen LogP contribution >= 0.6 is 0 Å². The summed E-state index contributed by atoms with van der Waals surface area (Å²) in [6, 6.07) is 10.6. The molecular formula is C15H24N2. The van der Waals surface area contributed by atoms with Gasteiger partial charge >= 0.3 is 0 Å². The highest BCUT2D eigenvalue weighted by Gasteiger charge is 2.29. The molecule has 0 spiro atoms. The number of fused-ring (bicyclic) bond motifs is 1. The molecule has 94 valence electrons. The summed E-state index contributed by atoms with van der Waals surface area (Å²) in [6.07, 6.45) is 2.31. The van der Waals surface area contributed by atoms with Gasteiger partial charge in [-0.05, 0) is 38.1 Å². The third kappa shape index (κ3) is 2.88. The average molecular weight is 232 g/mol. The van der Waals surface area contributed by atoms with Gasteiger partial charge in [-0.25, -0.2) is 0 Å². The molecule has 1 aliphatic carbocycles. The number of benzene rings is 1. The van der Waals surface area contributed by atoms with Gasteiger partial charge in [0.05, 0.1) is 0 Å². The van der Waals surface area contributed by atoms with Gasteiger partial charge < -0.3 is 10.2 Å². The van der Waals surface area contributed by atoms with Crippen LogP contribution in [-0.2, 0) is 12.8 Å². The molecular weight excluding hydrogens is 208 g/mol. The number of rotatable bonds is 3. The van der Waals surface area contributed by atoms with Gasteiger partial charge in [0.25, 0.3) is 0 Å². The highest BCUT2D eigenvalue weighted by Crippen LogP contribution is 2.24. The van der Waals surface area contributed by atoms with Crippen LogP contribution < -0.4 is 5.32 Å². The molecule has 0 unspecified atom stereocenters. The molecule has 0 aliphatic heterocycles. The molecule has 0 radical (unpaired) electrons. The molecule has 2 nitrogen and oxygen atoms in total. The van der Waals surface area contributed by atoms with E-state index < -0.39 is 0 Å². The predicted octanol–water partition coefficient (Wildman–Crippen LogP) is 2.08. The van der Waals surface area contributed by atoms with E-state index in [1.807, 2.05) is 0 Å². The lowest BCUT2D eigenvalue weighted by atomic mass is 9.84. The van der Waals surface area contributed by atoms with Crippen LogP contribution in [0.2, 0.25) is 0 Å². The number of hydrogen-bond acceptors (Lipinski definition) is 2. The molecule has 0 fully saturated rings. The molecule has 2 atom stereocenters. The summed E-state index contributed by atoms with van der Waals surface area (Å²) in [5.41, 5.74) is 3.04. The van der Waals surface area contributed by atoms with Gasteiger partial charge in [-0.3, -0.25) is 0 Å². The molecule has 1 aromatic carbocycles. The van der Waals surface area contributed by atoms with Crippen molar-refractivity contribution in [1.82, 2.24) is 10.2 Å². The van der Waals surface area contributed by atoms with Crippen molar-refractivity contribution < 1.29 is 0 Å². The van der Waals surface area contributed by atoms with E-state index in [2.05, 4.69) is 62.4 Å². The quantitative estimate of drug-likeness (QED) is 0.858. The molecule has 0 saturated heterocycles. The highest BCUT2D eigenvalue weighted by atomic mass is 15.1. The summed E-state index contributed by atoms with van der Waals surface area (Å²) in [6.45, 7) is 4.46. The number of hydrogen-bond donors (Lipinski definition) is 1. The van der Waals surface area contributed by atoms with Crippen molar-refractivity contribution in [3.63, 3.8) is 0 Å². The van der Waals surface area contributed by atoms with Crippen molar-refractivity contribution in [2.75, 3.05) is 14.1 Å². The van der Waals surface area contributed by atoms with E-state index in [1.165, 1.54) is 11.1 Å². The fourth-order valence-electron chi connectivity index (χ4n) is 2.84. The van der Waals surface area contributed by atoms with E-state index in [9.17, 15) is 0 Å². The maximum absolute atomic E-state index is 3.71. The first-order valence-electron chi connectivity index (χ1n) is 6.57. The summed E-state index contributed by atoms with van der Waals surface area (Å²) in [4.78, 5) is 2.36. The summed E-state index contributed by atoms with van der Waals surface area (Å²) < 4.78 is 0. The van der Waals surface area contributed by atoms with Crippen molar-refractivity contribution in [3.05, 3.63) is 35.4 Å². The Morgan fingerprint density at radius 2 is 1.71 bits per heavy atom. The smallest absolute Gasteiger partial charge is 0.0287 e. The number of nitrogens with one attached hydrogen (secondary N) is 1. The Hall–Kier alpha value is -0.860. The third-order valence-corrected chi connectivity index (χ3v) is 3.66. The van der Waals surface area contributed by atoms with Crippen LogP contribution in [0.1, 0.15) is 25.0 Å². The molecule has 1 N–H and O–H groups in total. The molecule has 2 rings (SSSR count). The first kappa shape index (κ1) is 12.6. The van der Waals surface area contributed by atoms with Crippen LogP contribution in [0.3, 0.4) is 0 Å². The second kappa shape index (κ2) is 5.19. The summed E-state index contributed by atoms with van der Waals surface area (Å²) in [5, 5.41) is 3.71. The van der Waals surface area contributed by atoms with Crippen molar-refractivity contribution in [2.24, 2.45) is 0 Å². The van der Waals surface area contributed by atoms with Crippen LogP contribution in [0.4, 0.5) is 0 Å². The fraction of sp³-hybridized carbons (Fsp3) is 0.600. The number of likely N-dealkylation sites (N-methyl/N-ethyl adjacent to an activating group) is 1. The Balaban J connectivity index is 2.21. The van der Waals surface area contributed by atoms with Gasteiger partial charge in [0.1, 0.15) is 0 Å². The van der Waals surface area contributed by atoms with Crippen molar-refractivity contribution in [1.29, 1.82) is 0 Å². The molecule has 0 bridgehead atoms. The van der Waals surface area contributed by atoms with Crippen LogP contribution in [-0.4, -0.2) is 37.1 Å². The van der Waals surface area contributed by atoms with Gasteiger partial charge in [-0.2, -0.15) is 0 Å². The Morgan fingerprint density at radius 3 is 2.24 bits per heavy atom. The Morgan fingerprint density at radius 1 is 1.12 bits per heavy atom. The molecule has 0 heterocycles. The second-order valence-electron chi connectivity index (χ2n) is 5.64. The third-order valence-electron chi connectivity index (χ3n) is 3.66. The molecule has 17 heavy (non-hydrogen) atoms. The summed E-state index contributed by atoms with van der Waals surface area (Å²) in [7, 11) is 4.38. The van der Waals surface area contributed by atoms with Crippen LogP contribution in [0.25, 0.3) is 0 Å². The molecule has 0 aromatic heterocycles. The van der Waals surface area contributed by atoms with Crippen molar-refractivity contribution in [2.45, 2.75) is 44.8 Å². The first-order valence-corrected chi connectivity index (χ1v) is 6.57. The van der Waals surface area contributed by atoms with Gasteiger partial charge in [-0.1, -0.05) is 38.1 Å². The fourth-order valence-corrected chi connectivity index (χ4v) is 2.84. The molecule has 1 aliphatic rings. The van der Waals surface area contributed by atoms with Gasteiger partial charge in [0.15, 0.2) is 0 Å². The minimum atomic E-state index is 0.549. The zero-order chi connectivity index (χ0) is 12.4. The average Bonchev–Trinajstić information content (AvgIpc) is 2.27. The Kier molecular flexibility index (Phi) is 3.85. The van der Waals surface area contributed by atoms with E-state index in [1.54, 1.807) is 0 Å². The monoisotopic (exact) mass is 232 g/mol. The highest BCUT2D eigenvalue weighted by molar-refractivity contribution is 5.32. The van der Waals surface area contributed by atoms with Gasteiger partial charge in [-0.15, -0.1) is 0 Å². The van der Waals surface area contributed by atoms with E-state index in [4.69, 9.17) is 0 Å². The standard InChI is InChI=1S/C15H24N2/c1-11(2)16-14-9-12-7-5-6-8-13(12)10-15(14)17(3)4/h5-8,11,14-16H,9-10H2,1-4H3/t14-,15-/m0/s1. The molecule has 2 heteroatoms. The Labute approximate surface area is 105 Å². The van der Waals surface area contributed by atoms with E-state index in [0.29, 0.717) is 18.1 Å². The second-order valence-corrected chi connectivity index (χ2v) is 5.64. The normalized spacial score (nSPS) is 24.1. The van der Waals surface area contributed by atoms with E-state index in [-0.39, 0.29) is 0 Å². The topological polar surface area (TPSA) is 15.3 Å². The predicted molar refractivity (Wildman–Crippen MR) is 73.4 cm³/mol. The first-order chi connectivity index (χ1) is 8.08. The van der Waals surface area contributed by atoms with Crippen molar-refractivity contribution >= 4 is 0 Å². The largest absolute Gasteiger partial charge is 0.310 e. The molecule has 0 amide bonds. The van der Waals surface area contributed by atoms with E-state index >= 15 is 0 Å². The lowest BCUT2D eigenvalue weighted by Crippen LogP contribution is -2.53. The SMILES string of the molecule is CC(C)N[C@H]1Cc2ccccc2C[C@@H]1N(C)C. The lowest BCUT2D eigenvalue weighted by molar-refractivity contribution is 0.207. The molecule has 1 aromatic rings. The summed E-state index contributed by atoms with van der Waals surface area (Å²) in [5.74, 6) is 0. The lowest BCUT2D eigenvalue weighted by Gasteiger charge is -2.38. The number of nitrogens with zero attached hydrogens (tertiary/aromatic N) is 1. The van der Waals surface area contributed by atoms with Gasteiger partial charge in [0, 0.05) is 18.1 Å². The zero-order valence-electron chi connectivity index (χ0n) is 11.4. The van der Waals surface area contributed by atoms with Gasteiger partial charge in [0.2, 0.25) is 0 Å². The molecule has 0 saturated carbocycles. The van der Waals surface area contributed by atoms with E-state index in [0.717, 1.165) is 12.8 Å². The van der Waals surface area contributed by atoms with Crippen molar-refractivity contribution in [3.8, 4) is 0 Å². The Bertz CT molecular complexity index is 371. The van der Waals surface area contributed by atoms with Crippen LogP contribution in [0.5, 0.6) is 0 Å². The van der Waals surface area contributed by atoms with Crippen LogP contribution in [0, 0.1) is 0 Å². The minimum absolute atomic E-state index is 0.549. The summed E-state index contributed by atoms with van der Waals surface area (Å²) >= 11 is 0. The minimum Gasteiger partial charge on any atom is -0.310 e. The zero-order valence-corrected chi connectivity index (χ0v) is 11.4. The maximum atomic E-state index is 3.71.